The first kappa shape index (κ1) is 7.71. The Kier molecular flexibility index (Phi) is 1.73. The predicted octanol–water partition coefficient (Wildman–Crippen LogP) is 1.39. The number of rotatable bonds is 0. The van der Waals surface area contributed by atoms with Gasteiger partial charge in [0.25, 0.3) is 0 Å². The molecule has 2 nitrogen and oxygen atoms in total. The molecular weight excluding hydrogens is 180 g/mol. The number of hydrogen-bond donors (Lipinski definition) is 1. The second-order valence-electron chi connectivity index (χ2n) is 3.74. The van der Waals surface area contributed by atoms with Crippen LogP contribution < -0.4 is 5.32 Å². The van der Waals surface area contributed by atoms with E-state index in [-0.39, 0.29) is 0 Å². The molecule has 0 aromatic carbocycles. The van der Waals surface area contributed by atoms with Crippen LogP contribution >= 0.6 is 11.3 Å². The Morgan fingerprint density at radius 1 is 1.46 bits per heavy atom. The van der Waals surface area contributed by atoms with Crippen LogP contribution in [0.1, 0.15) is 10.6 Å². The normalized spacial score (nSPS) is 31.1. The van der Waals surface area contributed by atoms with E-state index in [4.69, 9.17) is 0 Å². The highest BCUT2D eigenvalue weighted by molar-refractivity contribution is 7.09. The number of aromatic nitrogens is 1. The summed E-state index contributed by atoms with van der Waals surface area (Å²) in [5.41, 5.74) is 3.31. The second kappa shape index (κ2) is 2.93. The minimum atomic E-state index is 0.665. The van der Waals surface area contributed by atoms with E-state index < -0.39 is 0 Å². The Morgan fingerprint density at radius 2 is 2.46 bits per heavy atom. The maximum Gasteiger partial charge on any atom is 0.0797 e. The molecule has 2 unspecified atom stereocenters. The predicted molar refractivity (Wildman–Crippen MR) is 53.9 cm³/mol. The fourth-order valence-electron chi connectivity index (χ4n) is 2.23. The first-order valence-corrected chi connectivity index (χ1v) is 5.63. The van der Waals surface area contributed by atoms with Crippen molar-refractivity contribution in [2.24, 2.45) is 5.92 Å². The molecule has 3 rings (SSSR count). The van der Waals surface area contributed by atoms with Gasteiger partial charge in [0.1, 0.15) is 0 Å². The molecule has 2 aliphatic rings. The third-order valence-electron chi connectivity index (χ3n) is 2.96. The molecule has 0 radical (unpaired) electrons. The minimum absolute atomic E-state index is 0.665. The fraction of sp³-hybridized carbons (Fsp3) is 0.500. The summed E-state index contributed by atoms with van der Waals surface area (Å²) in [4.78, 5) is 5.89. The van der Waals surface area contributed by atoms with Crippen LogP contribution in [0.15, 0.2) is 17.7 Å². The van der Waals surface area contributed by atoms with E-state index in [2.05, 4.69) is 22.5 Å². The fourth-order valence-corrected chi connectivity index (χ4v) is 3.09. The highest BCUT2D eigenvalue weighted by Gasteiger charge is 2.29. The average Bonchev–Trinajstić information content (AvgIpc) is 2.61. The number of fused-ring (bicyclic) bond motifs is 2. The van der Waals surface area contributed by atoms with Gasteiger partial charge >= 0.3 is 0 Å². The maximum absolute atomic E-state index is 4.40. The van der Waals surface area contributed by atoms with Gasteiger partial charge in [-0.15, -0.1) is 11.3 Å². The average molecular weight is 192 g/mol. The minimum Gasteiger partial charge on any atom is -0.310 e. The molecule has 2 atom stereocenters. The zero-order chi connectivity index (χ0) is 8.67. The molecule has 0 saturated heterocycles. The second-order valence-corrected chi connectivity index (χ2v) is 4.68. The van der Waals surface area contributed by atoms with Gasteiger partial charge in [-0.25, -0.2) is 4.98 Å². The lowest BCUT2D eigenvalue weighted by Gasteiger charge is -2.32. The molecule has 1 aromatic rings. The Labute approximate surface area is 81.7 Å². The molecular formula is C10H12N2S. The quantitative estimate of drug-likeness (QED) is 0.628. The van der Waals surface area contributed by atoms with Crippen molar-refractivity contribution in [3.05, 3.63) is 28.2 Å². The number of thiazole rings is 1. The van der Waals surface area contributed by atoms with Crippen LogP contribution in [-0.2, 0) is 12.8 Å². The lowest BCUT2D eigenvalue weighted by molar-refractivity contribution is 0.382. The monoisotopic (exact) mass is 192 g/mol. The summed E-state index contributed by atoms with van der Waals surface area (Å²) in [6.07, 6.45) is 6.89. The molecule has 0 fully saturated rings. The third kappa shape index (κ3) is 1.23. The molecule has 1 aromatic heterocycles. The van der Waals surface area contributed by atoms with Gasteiger partial charge in [-0.2, -0.15) is 0 Å². The molecule has 1 aliphatic heterocycles. The summed E-state index contributed by atoms with van der Waals surface area (Å²) in [7, 11) is 0. The van der Waals surface area contributed by atoms with E-state index in [0.717, 1.165) is 13.0 Å². The summed E-state index contributed by atoms with van der Waals surface area (Å²) >= 11 is 1.81. The first-order chi connectivity index (χ1) is 6.43. The molecule has 2 heterocycles. The van der Waals surface area contributed by atoms with Crippen LogP contribution in [0.5, 0.6) is 0 Å². The highest BCUT2D eigenvalue weighted by atomic mass is 32.1. The largest absolute Gasteiger partial charge is 0.310 e. The topological polar surface area (TPSA) is 24.9 Å². The lowest BCUT2D eigenvalue weighted by atomic mass is 9.84. The van der Waals surface area contributed by atoms with Crippen molar-refractivity contribution >= 4 is 11.3 Å². The van der Waals surface area contributed by atoms with Gasteiger partial charge in [0.05, 0.1) is 11.2 Å². The van der Waals surface area contributed by atoms with Crippen molar-refractivity contribution in [3.63, 3.8) is 0 Å². The smallest absolute Gasteiger partial charge is 0.0797 e. The first-order valence-electron chi connectivity index (χ1n) is 4.75. The summed E-state index contributed by atoms with van der Waals surface area (Å²) in [5, 5.41) is 3.54. The highest BCUT2D eigenvalue weighted by Crippen LogP contribution is 2.29. The maximum atomic E-state index is 4.40. The zero-order valence-corrected chi connectivity index (χ0v) is 8.18. The van der Waals surface area contributed by atoms with E-state index in [1.165, 1.54) is 17.0 Å². The molecule has 0 amide bonds. The van der Waals surface area contributed by atoms with Crippen molar-refractivity contribution in [2.45, 2.75) is 18.9 Å². The van der Waals surface area contributed by atoms with Gasteiger partial charge in [0, 0.05) is 17.5 Å². The Bertz CT molecular complexity index is 342. The molecule has 68 valence electrons. The molecule has 0 saturated carbocycles. The van der Waals surface area contributed by atoms with Gasteiger partial charge in [-0.05, 0) is 18.8 Å². The third-order valence-corrected chi connectivity index (χ3v) is 3.86. The number of hydrogen-bond acceptors (Lipinski definition) is 3. The standard InChI is InChI=1S/C10H12N2S/c1-2-7-4-9-10(13-6-12-9)5-8(7)11-3-1/h1-2,6-8,11H,3-5H2. The van der Waals surface area contributed by atoms with Gasteiger partial charge in [0.2, 0.25) is 0 Å². The SMILES string of the molecule is C1=CC2Cc3ncsc3CC2NC1. The van der Waals surface area contributed by atoms with E-state index in [1.807, 2.05) is 5.51 Å². The van der Waals surface area contributed by atoms with Crippen LogP contribution in [0.25, 0.3) is 0 Å². The molecule has 0 bridgehead atoms. The van der Waals surface area contributed by atoms with Crippen LogP contribution in [0.4, 0.5) is 0 Å². The Morgan fingerprint density at radius 3 is 3.46 bits per heavy atom. The molecule has 1 aliphatic carbocycles. The van der Waals surface area contributed by atoms with Crippen LogP contribution in [0, 0.1) is 5.92 Å². The van der Waals surface area contributed by atoms with Gasteiger partial charge in [-0.3, -0.25) is 0 Å². The van der Waals surface area contributed by atoms with Gasteiger partial charge < -0.3 is 5.32 Å². The molecule has 13 heavy (non-hydrogen) atoms. The molecule has 0 spiro atoms. The zero-order valence-electron chi connectivity index (χ0n) is 7.36. The summed E-state index contributed by atoms with van der Waals surface area (Å²) in [5.74, 6) is 0.684. The van der Waals surface area contributed by atoms with Crippen molar-refractivity contribution in [1.82, 2.24) is 10.3 Å². The molecule has 3 heteroatoms. The van der Waals surface area contributed by atoms with Crippen molar-refractivity contribution in [1.29, 1.82) is 0 Å². The van der Waals surface area contributed by atoms with Crippen LogP contribution in [0.2, 0.25) is 0 Å². The summed E-state index contributed by atoms with van der Waals surface area (Å²) < 4.78 is 0. The Balaban J connectivity index is 1.95. The summed E-state index contributed by atoms with van der Waals surface area (Å²) in [6.45, 7) is 1.04. The van der Waals surface area contributed by atoms with Crippen molar-refractivity contribution < 1.29 is 0 Å². The van der Waals surface area contributed by atoms with Gasteiger partial charge in [0.15, 0.2) is 0 Å². The molecule has 1 N–H and O–H groups in total. The summed E-state index contributed by atoms with van der Waals surface area (Å²) in [6, 6.07) is 0.665. The van der Waals surface area contributed by atoms with Crippen molar-refractivity contribution in [2.75, 3.05) is 6.54 Å². The van der Waals surface area contributed by atoms with E-state index in [0.29, 0.717) is 12.0 Å². The van der Waals surface area contributed by atoms with Crippen LogP contribution in [0.3, 0.4) is 0 Å². The van der Waals surface area contributed by atoms with E-state index >= 15 is 0 Å². The number of nitrogens with one attached hydrogen (secondary N) is 1. The van der Waals surface area contributed by atoms with E-state index in [9.17, 15) is 0 Å². The van der Waals surface area contributed by atoms with Crippen LogP contribution in [-0.4, -0.2) is 17.6 Å². The van der Waals surface area contributed by atoms with Crippen molar-refractivity contribution in [3.8, 4) is 0 Å². The van der Waals surface area contributed by atoms with Gasteiger partial charge in [-0.1, -0.05) is 12.2 Å². The lowest BCUT2D eigenvalue weighted by Crippen LogP contribution is -2.43. The number of nitrogens with zero attached hydrogens (tertiary/aromatic N) is 1. The Hall–Kier alpha value is -0.670. The van der Waals surface area contributed by atoms with E-state index in [1.54, 1.807) is 11.3 Å².